The molecule has 180 valence electrons. The van der Waals surface area contributed by atoms with E-state index in [9.17, 15) is 24.5 Å². The number of benzene rings is 3. The van der Waals surface area contributed by atoms with Crippen molar-refractivity contribution in [2.75, 3.05) is 17.2 Å². The van der Waals surface area contributed by atoms with Crippen LogP contribution in [0.5, 0.6) is 11.5 Å². The Kier molecular flexibility index (Phi) is 8.89. The maximum atomic E-state index is 12.0. The Bertz CT molecular complexity index is 1160. The van der Waals surface area contributed by atoms with Gasteiger partial charge in [0, 0.05) is 36.3 Å². The van der Waals surface area contributed by atoms with E-state index in [1.807, 2.05) is 30.3 Å². The number of non-ortho nitro benzene ring substituents is 1. The predicted octanol–water partition coefficient (Wildman–Crippen LogP) is 4.68. The molecular weight excluding hydrogens is 454 g/mol. The monoisotopic (exact) mass is 477 g/mol. The number of hydrogen-bond donors (Lipinski definition) is 2. The summed E-state index contributed by atoms with van der Waals surface area (Å²) < 4.78 is 10.6. The van der Waals surface area contributed by atoms with E-state index in [1.54, 1.807) is 24.3 Å². The molecule has 0 atom stereocenters. The van der Waals surface area contributed by atoms with Crippen LogP contribution in [0.25, 0.3) is 0 Å². The van der Waals surface area contributed by atoms with Crippen LogP contribution in [-0.4, -0.2) is 29.3 Å². The van der Waals surface area contributed by atoms with Crippen LogP contribution in [0.15, 0.2) is 78.9 Å². The van der Waals surface area contributed by atoms with Crippen molar-refractivity contribution in [2.45, 2.75) is 19.3 Å². The summed E-state index contributed by atoms with van der Waals surface area (Å²) in [6.45, 7) is -0.448. The van der Waals surface area contributed by atoms with Gasteiger partial charge >= 0.3 is 5.97 Å². The number of ether oxygens (including phenoxy) is 2. The summed E-state index contributed by atoms with van der Waals surface area (Å²) in [6, 6.07) is 21.4. The Morgan fingerprint density at radius 3 is 1.94 bits per heavy atom. The first-order chi connectivity index (χ1) is 16.9. The number of nitrogens with one attached hydrogen (secondary N) is 2. The van der Waals surface area contributed by atoms with Gasteiger partial charge in [-0.25, -0.2) is 0 Å². The number of hydrogen-bond acceptors (Lipinski definition) is 7. The summed E-state index contributed by atoms with van der Waals surface area (Å²) in [7, 11) is 0. The van der Waals surface area contributed by atoms with Crippen LogP contribution in [0, 0.1) is 10.1 Å². The highest BCUT2D eigenvalue weighted by molar-refractivity contribution is 5.93. The minimum Gasteiger partial charge on any atom is -0.457 e. The predicted molar refractivity (Wildman–Crippen MR) is 128 cm³/mol. The second-order valence-corrected chi connectivity index (χ2v) is 7.35. The standard InChI is InChI=1S/C25H23N3O7/c29-23(26-18-9-13-20(14-10-18)28(32)33)7-4-8-25(31)34-17-24(30)27-19-11-15-22(16-12-19)35-21-5-2-1-3-6-21/h1-3,5-6,9-16H,4,7-8,17H2,(H,26,29)(H,27,30). The van der Waals surface area contributed by atoms with Crippen LogP contribution in [0.2, 0.25) is 0 Å². The second-order valence-electron chi connectivity index (χ2n) is 7.35. The fourth-order valence-corrected chi connectivity index (χ4v) is 2.93. The lowest BCUT2D eigenvalue weighted by Crippen LogP contribution is -2.21. The van der Waals surface area contributed by atoms with Gasteiger partial charge in [-0.2, -0.15) is 0 Å². The van der Waals surface area contributed by atoms with Gasteiger partial charge in [-0.1, -0.05) is 18.2 Å². The zero-order valence-corrected chi connectivity index (χ0v) is 18.6. The van der Waals surface area contributed by atoms with Crippen molar-refractivity contribution in [1.82, 2.24) is 0 Å². The second kappa shape index (κ2) is 12.5. The highest BCUT2D eigenvalue weighted by atomic mass is 16.6. The molecule has 0 heterocycles. The van der Waals surface area contributed by atoms with Gasteiger partial charge in [0.05, 0.1) is 4.92 Å². The van der Waals surface area contributed by atoms with Gasteiger partial charge in [0.25, 0.3) is 11.6 Å². The van der Waals surface area contributed by atoms with Gasteiger partial charge in [-0.15, -0.1) is 0 Å². The fourth-order valence-electron chi connectivity index (χ4n) is 2.93. The van der Waals surface area contributed by atoms with Gasteiger partial charge in [0.15, 0.2) is 6.61 Å². The molecule has 0 aromatic heterocycles. The molecule has 0 unspecified atom stereocenters. The molecule has 0 aliphatic carbocycles. The van der Waals surface area contributed by atoms with Crippen LogP contribution in [-0.2, 0) is 19.1 Å². The minimum absolute atomic E-state index is 0.0352. The van der Waals surface area contributed by atoms with Crippen molar-refractivity contribution in [3.05, 3.63) is 89.0 Å². The molecule has 10 heteroatoms. The zero-order valence-electron chi connectivity index (χ0n) is 18.6. The third-order valence-corrected chi connectivity index (χ3v) is 4.63. The van der Waals surface area contributed by atoms with Crippen LogP contribution in [0.1, 0.15) is 19.3 Å². The molecule has 0 spiro atoms. The van der Waals surface area contributed by atoms with E-state index in [4.69, 9.17) is 9.47 Å². The van der Waals surface area contributed by atoms with Crippen molar-refractivity contribution < 1.29 is 28.8 Å². The van der Waals surface area contributed by atoms with Gasteiger partial charge in [-0.3, -0.25) is 24.5 Å². The van der Waals surface area contributed by atoms with Crippen molar-refractivity contribution in [3.8, 4) is 11.5 Å². The molecule has 2 amide bonds. The lowest BCUT2D eigenvalue weighted by Gasteiger charge is -2.09. The first-order valence-electron chi connectivity index (χ1n) is 10.7. The van der Waals surface area contributed by atoms with Crippen LogP contribution >= 0.6 is 0 Å². The number of rotatable bonds is 11. The Labute approximate surface area is 201 Å². The lowest BCUT2D eigenvalue weighted by atomic mass is 10.2. The summed E-state index contributed by atoms with van der Waals surface area (Å²) in [4.78, 5) is 45.9. The smallest absolute Gasteiger partial charge is 0.306 e. The molecule has 35 heavy (non-hydrogen) atoms. The number of nitro benzene ring substituents is 1. The molecule has 3 rings (SSSR count). The number of carbonyl (C=O) groups excluding carboxylic acids is 3. The summed E-state index contributed by atoms with van der Waals surface area (Å²) in [6.07, 6.45) is 0.240. The van der Waals surface area contributed by atoms with Gasteiger partial charge < -0.3 is 20.1 Å². The van der Waals surface area contributed by atoms with E-state index in [2.05, 4.69) is 10.6 Å². The molecule has 0 saturated heterocycles. The minimum atomic E-state index is -0.602. The van der Waals surface area contributed by atoms with Gasteiger partial charge in [0.1, 0.15) is 11.5 Å². The molecule has 0 bridgehead atoms. The molecule has 3 aromatic rings. The van der Waals surface area contributed by atoms with Gasteiger partial charge in [-0.05, 0) is 55.0 Å². The lowest BCUT2D eigenvalue weighted by molar-refractivity contribution is -0.384. The normalized spacial score (nSPS) is 10.2. The summed E-state index contributed by atoms with van der Waals surface area (Å²) >= 11 is 0. The highest BCUT2D eigenvalue weighted by Gasteiger charge is 2.11. The van der Waals surface area contributed by atoms with E-state index in [0.717, 1.165) is 0 Å². The average molecular weight is 477 g/mol. The molecule has 0 saturated carbocycles. The van der Waals surface area contributed by atoms with E-state index in [1.165, 1.54) is 24.3 Å². The molecule has 0 radical (unpaired) electrons. The largest absolute Gasteiger partial charge is 0.457 e. The van der Waals surface area contributed by atoms with Crippen molar-refractivity contribution in [1.29, 1.82) is 0 Å². The summed E-state index contributed by atoms with van der Waals surface area (Å²) in [5.41, 5.74) is 0.859. The molecular formula is C25H23N3O7. The number of para-hydroxylation sites is 1. The number of amides is 2. The van der Waals surface area contributed by atoms with Crippen molar-refractivity contribution >= 4 is 34.8 Å². The number of anilines is 2. The van der Waals surface area contributed by atoms with E-state index < -0.39 is 23.4 Å². The SMILES string of the molecule is O=C(CCCC(=O)OCC(=O)Nc1ccc(Oc2ccccc2)cc1)Nc1ccc([N+](=O)[O-])cc1. The molecule has 0 aliphatic heterocycles. The van der Waals surface area contributed by atoms with Crippen LogP contribution in [0.3, 0.4) is 0 Å². The van der Waals surface area contributed by atoms with Crippen LogP contribution in [0.4, 0.5) is 17.1 Å². The third kappa shape index (κ3) is 8.61. The molecule has 0 aliphatic rings. The zero-order chi connectivity index (χ0) is 25.0. The average Bonchev–Trinajstić information content (AvgIpc) is 2.85. The Morgan fingerprint density at radius 2 is 1.31 bits per heavy atom. The van der Waals surface area contributed by atoms with Crippen molar-refractivity contribution in [2.24, 2.45) is 0 Å². The fraction of sp³-hybridized carbons (Fsp3) is 0.160. The number of esters is 1. The quantitative estimate of drug-likeness (QED) is 0.232. The Morgan fingerprint density at radius 1 is 0.743 bits per heavy atom. The number of nitrogens with zero attached hydrogens (tertiary/aromatic N) is 1. The number of nitro groups is 1. The van der Waals surface area contributed by atoms with E-state index in [0.29, 0.717) is 22.9 Å². The maximum absolute atomic E-state index is 12.0. The van der Waals surface area contributed by atoms with E-state index >= 15 is 0 Å². The topological polar surface area (TPSA) is 137 Å². The summed E-state index contributed by atoms with van der Waals surface area (Å²) in [5, 5.41) is 15.9. The Hall–Kier alpha value is -4.73. The molecule has 2 N–H and O–H groups in total. The maximum Gasteiger partial charge on any atom is 0.306 e. The highest BCUT2D eigenvalue weighted by Crippen LogP contribution is 2.22. The third-order valence-electron chi connectivity index (χ3n) is 4.63. The molecule has 3 aromatic carbocycles. The van der Waals surface area contributed by atoms with Crippen LogP contribution < -0.4 is 15.4 Å². The first-order valence-corrected chi connectivity index (χ1v) is 10.7. The Balaban J connectivity index is 1.31. The van der Waals surface area contributed by atoms with Crippen molar-refractivity contribution in [3.63, 3.8) is 0 Å². The molecule has 0 fully saturated rings. The first kappa shape index (κ1) is 24.9. The summed E-state index contributed by atoms with van der Waals surface area (Å²) in [5.74, 6) is -0.136. The number of carbonyl (C=O) groups is 3. The van der Waals surface area contributed by atoms with Gasteiger partial charge in [0.2, 0.25) is 5.91 Å². The van der Waals surface area contributed by atoms with E-state index in [-0.39, 0.29) is 30.9 Å². The molecule has 10 nitrogen and oxygen atoms in total.